The van der Waals surface area contributed by atoms with E-state index in [9.17, 15) is 9.59 Å². The summed E-state index contributed by atoms with van der Waals surface area (Å²) in [6, 6.07) is 0. The lowest BCUT2D eigenvalue weighted by Crippen LogP contribution is -2.25. The molecule has 0 bridgehead atoms. The fraction of sp³-hybridized carbons (Fsp3) is 0.250. The van der Waals surface area contributed by atoms with Crippen LogP contribution in [0.1, 0.15) is 6.92 Å². The van der Waals surface area contributed by atoms with Crippen LogP contribution >= 0.6 is 11.6 Å². The van der Waals surface area contributed by atoms with Crippen LogP contribution in [0.3, 0.4) is 0 Å². The van der Waals surface area contributed by atoms with Gasteiger partial charge in [-0.05, 0) is 6.92 Å². The number of ether oxygens (including phenoxy) is 1. The molecule has 0 aliphatic heterocycles. The average molecular weight is 230 g/mol. The van der Waals surface area contributed by atoms with Gasteiger partial charge in [0.25, 0.3) is 0 Å². The molecule has 80 valence electrons. The van der Waals surface area contributed by atoms with E-state index in [0.717, 1.165) is 0 Å². The molecule has 0 unspecified atom stereocenters. The summed E-state index contributed by atoms with van der Waals surface area (Å²) in [5, 5.41) is 2.28. The Hall–Kier alpha value is -1.69. The van der Waals surface area contributed by atoms with Crippen molar-refractivity contribution < 1.29 is 14.3 Å². The zero-order valence-electron chi connectivity index (χ0n) is 7.86. The van der Waals surface area contributed by atoms with Gasteiger partial charge in [-0.1, -0.05) is 11.6 Å². The number of amides is 1. The van der Waals surface area contributed by atoms with Crippen molar-refractivity contribution in [2.24, 2.45) is 0 Å². The first kappa shape index (κ1) is 11.4. The van der Waals surface area contributed by atoms with Crippen molar-refractivity contribution in [3.8, 4) is 0 Å². The van der Waals surface area contributed by atoms with Crippen LogP contribution in [-0.2, 0) is 14.3 Å². The quantitative estimate of drug-likeness (QED) is 0.457. The van der Waals surface area contributed by atoms with Gasteiger partial charge in [0.1, 0.15) is 6.33 Å². The largest absolute Gasteiger partial charge is 0.459 e. The molecule has 15 heavy (non-hydrogen) atoms. The highest BCUT2D eigenvalue weighted by molar-refractivity contribution is 6.39. The number of nitrogens with one attached hydrogen (secondary N) is 1. The lowest BCUT2D eigenvalue weighted by atomic mass is 10.5. The Balaban J connectivity index is 2.67. The molecule has 1 N–H and O–H groups in total. The summed E-state index contributed by atoms with van der Waals surface area (Å²) in [6.45, 7) is 1.73. The molecule has 0 aliphatic carbocycles. The van der Waals surface area contributed by atoms with Crippen molar-refractivity contribution in [1.29, 1.82) is 0 Å². The van der Waals surface area contributed by atoms with Crippen molar-refractivity contribution in [3.05, 3.63) is 17.7 Å². The van der Waals surface area contributed by atoms with Gasteiger partial charge < -0.3 is 10.1 Å². The smallest absolute Gasteiger partial charge is 0.397 e. The van der Waals surface area contributed by atoms with Crippen molar-refractivity contribution in [3.63, 3.8) is 0 Å². The SMILES string of the molecule is CCOC(=O)C(=O)Nc1cncnc1Cl. The first-order valence-corrected chi connectivity index (χ1v) is 4.46. The predicted molar refractivity (Wildman–Crippen MR) is 52.3 cm³/mol. The van der Waals surface area contributed by atoms with Crippen LogP contribution in [0.4, 0.5) is 5.69 Å². The summed E-state index contributed by atoms with van der Waals surface area (Å²) >= 11 is 5.63. The summed E-state index contributed by atoms with van der Waals surface area (Å²) < 4.78 is 4.48. The normalized spacial score (nSPS) is 9.47. The number of rotatable bonds is 2. The van der Waals surface area contributed by atoms with Gasteiger partial charge in [-0.3, -0.25) is 4.79 Å². The minimum Gasteiger partial charge on any atom is -0.459 e. The Labute approximate surface area is 90.6 Å². The maximum absolute atomic E-state index is 11.2. The second kappa shape index (κ2) is 5.26. The fourth-order valence-electron chi connectivity index (χ4n) is 0.769. The molecule has 0 saturated heterocycles. The number of esters is 1. The first-order valence-electron chi connectivity index (χ1n) is 4.08. The zero-order valence-corrected chi connectivity index (χ0v) is 8.61. The molecule has 0 saturated carbocycles. The molecule has 1 heterocycles. The average Bonchev–Trinajstić information content (AvgIpc) is 2.21. The molecule has 7 heteroatoms. The molecule has 1 aromatic heterocycles. The van der Waals surface area contributed by atoms with E-state index in [-0.39, 0.29) is 17.4 Å². The summed E-state index contributed by atoms with van der Waals surface area (Å²) in [5.41, 5.74) is 0.164. The number of anilines is 1. The second-order valence-corrected chi connectivity index (χ2v) is 2.76. The Morgan fingerprint density at radius 1 is 1.60 bits per heavy atom. The van der Waals surface area contributed by atoms with Crippen LogP contribution in [0.25, 0.3) is 0 Å². The van der Waals surface area contributed by atoms with Crippen molar-refractivity contribution in [2.75, 3.05) is 11.9 Å². The molecular weight excluding hydrogens is 222 g/mol. The minimum atomic E-state index is -0.975. The minimum absolute atomic E-state index is 0.0580. The van der Waals surface area contributed by atoms with E-state index in [1.165, 1.54) is 12.5 Å². The summed E-state index contributed by atoms with van der Waals surface area (Å²) in [4.78, 5) is 29.4. The Bertz CT molecular complexity index is 383. The Kier molecular flexibility index (Phi) is 3.99. The highest BCUT2D eigenvalue weighted by Crippen LogP contribution is 2.15. The van der Waals surface area contributed by atoms with Gasteiger partial charge in [0.05, 0.1) is 18.5 Å². The molecular formula is C8H8ClN3O3. The maximum atomic E-state index is 11.2. The summed E-state index contributed by atoms with van der Waals surface area (Å²) in [7, 11) is 0. The van der Waals surface area contributed by atoms with Crippen molar-refractivity contribution in [2.45, 2.75) is 6.92 Å². The van der Waals surface area contributed by atoms with Gasteiger partial charge >= 0.3 is 11.9 Å². The molecule has 1 rings (SSSR count). The number of aromatic nitrogens is 2. The van der Waals surface area contributed by atoms with Gasteiger partial charge in [0, 0.05) is 0 Å². The third-order valence-electron chi connectivity index (χ3n) is 1.37. The van der Waals surface area contributed by atoms with E-state index in [1.54, 1.807) is 6.92 Å². The van der Waals surface area contributed by atoms with Crippen LogP contribution in [0.15, 0.2) is 12.5 Å². The second-order valence-electron chi connectivity index (χ2n) is 2.40. The van der Waals surface area contributed by atoms with Crippen LogP contribution in [0.2, 0.25) is 5.15 Å². The highest BCUT2D eigenvalue weighted by atomic mass is 35.5. The van der Waals surface area contributed by atoms with Gasteiger partial charge in [-0.25, -0.2) is 14.8 Å². The molecule has 0 atom stereocenters. The van der Waals surface area contributed by atoms with Crippen molar-refractivity contribution >= 4 is 29.2 Å². The molecule has 6 nitrogen and oxygen atoms in total. The van der Waals surface area contributed by atoms with Gasteiger partial charge in [0.2, 0.25) is 0 Å². The van der Waals surface area contributed by atoms with Gasteiger partial charge in [0.15, 0.2) is 5.15 Å². The van der Waals surface area contributed by atoms with Crippen LogP contribution < -0.4 is 5.32 Å². The topological polar surface area (TPSA) is 81.2 Å². The molecule has 0 radical (unpaired) electrons. The molecule has 1 aromatic rings. The fourth-order valence-corrected chi connectivity index (χ4v) is 0.908. The maximum Gasteiger partial charge on any atom is 0.397 e. The van der Waals surface area contributed by atoms with Crippen molar-refractivity contribution in [1.82, 2.24) is 9.97 Å². The third-order valence-corrected chi connectivity index (χ3v) is 1.67. The lowest BCUT2D eigenvalue weighted by molar-refractivity contribution is -0.152. The van der Waals surface area contributed by atoms with Crippen LogP contribution in [-0.4, -0.2) is 28.5 Å². The molecule has 1 amide bonds. The predicted octanol–water partition coefficient (Wildman–Crippen LogP) is 0.632. The molecule has 0 aromatic carbocycles. The van der Waals surface area contributed by atoms with Gasteiger partial charge in [-0.15, -0.1) is 0 Å². The monoisotopic (exact) mass is 229 g/mol. The summed E-state index contributed by atoms with van der Waals surface area (Å²) in [6.07, 6.45) is 2.51. The lowest BCUT2D eigenvalue weighted by Gasteiger charge is -2.04. The number of halogens is 1. The number of hydrogen-bond donors (Lipinski definition) is 1. The molecule has 0 fully saturated rings. The standard InChI is InChI=1S/C8H8ClN3O3/c1-2-15-8(14)7(13)12-5-3-10-4-11-6(5)9/h3-4H,2H2,1H3,(H,12,13). The molecule has 0 aliphatic rings. The molecule has 0 spiro atoms. The van der Waals surface area contributed by atoms with E-state index in [4.69, 9.17) is 11.6 Å². The number of hydrogen-bond acceptors (Lipinski definition) is 5. The van der Waals surface area contributed by atoms with E-state index >= 15 is 0 Å². The van der Waals surface area contributed by atoms with Gasteiger partial charge in [-0.2, -0.15) is 0 Å². The number of carbonyl (C=O) groups is 2. The first-order chi connectivity index (χ1) is 7.15. The Morgan fingerprint density at radius 3 is 2.93 bits per heavy atom. The van der Waals surface area contributed by atoms with Crippen LogP contribution in [0.5, 0.6) is 0 Å². The number of carbonyl (C=O) groups excluding carboxylic acids is 2. The Morgan fingerprint density at radius 2 is 2.33 bits per heavy atom. The highest BCUT2D eigenvalue weighted by Gasteiger charge is 2.16. The zero-order chi connectivity index (χ0) is 11.3. The third kappa shape index (κ3) is 3.17. The van der Waals surface area contributed by atoms with Crippen LogP contribution in [0, 0.1) is 0 Å². The summed E-state index contributed by atoms with van der Waals surface area (Å²) in [5.74, 6) is -1.88. The van der Waals surface area contributed by atoms with E-state index in [2.05, 4.69) is 20.0 Å². The van der Waals surface area contributed by atoms with E-state index in [1.807, 2.05) is 0 Å². The van der Waals surface area contributed by atoms with E-state index in [0.29, 0.717) is 0 Å². The number of nitrogens with zero attached hydrogens (tertiary/aromatic N) is 2. The van der Waals surface area contributed by atoms with E-state index < -0.39 is 11.9 Å².